The second-order valence-corrected chi connectivity index (χ2v) is 5.32. The fraction of sp³-hybridized carbons (Fsp3) is 0.786. The highest BCUT2D eigenvalue weighted by molar-refractivity contribution is 4.96. The second kappa shape index (κ2) is 5.67. The van der Waals surface area contributed by atoms with Crippen molar-refractivity contribution in [2.24, 2.45) is 5.92 Å². The van der Waals surface area contributed by atoms with Gasteiger partial charge in [-0.1, -0.05) is 13.3 Å². The zero-order valence-electron chi connectivity index (χ0n) is 11.2. The minimum Gasteiger partial charge on any atom is -0.444 e. The van der Waals surface area contributed by atoms with Crippen LogP contribution < -0.4 is 5.32 Å². The molecule has 0 aliphatic heterocycles. The Morgan fingerprint density at radius 2 is 2.12 bits per heavy atom. The molecule has 2 rings (SSSR count). The fourth-order valence-corrected chi connectivity index (χ4v) is 2.73. The summed E-state index contributed by atoms with van der Waals surface area (Å²) in [5.41, 5.74) is 0. The molecule has 0 saturated heterocycles. The minimum atomic E-state index is 0.229. The third kappa shape index (κ3) is 3.32. The molecule has 0 spiro atoms. The normalized spacial score (nSPS) is 27.0. The first kappa shape index (κ1) is 12.6. The van der Waals surface area contributed by atoms with Crippen LogP contribution in [0.1, 0.15) is 63.6 Å². The van der Waals surface area contributed by atoms with Gasteiger partial charge in [-0.05, 0) is 45.4 Å². The van der Waals surface area contributed by atoms with E-state index in [9.17, 15) is 0 Å². The van der Waals surface area contributed by atoms with Crippen LogP contribution in [-0.2, 0) is 0 Å². The third-order valence-electron chi connectivity index (χ3n) is 3.92. The molecule has 1 unspecified atom stereocenters. The van der Waals surface area contributed by atoms with Crippen LogP contribution in [-0.4, -0.2) is 11.0 Å². The Morgan fingerprint density at radius 3 is 2.65 bits per heavy atom. The van der Waals surface area contributed by atoms with E-state index in [-0.39, 0.29) is 6.04 Å². The van der Waals surface area contributed by atoms with Gasteiger partial charge in [-0.3, -0.25) is 0 Å². The summed E-state index contributed by atoms with van der Waals surface area (Å²) in [6.07, 6.45) is 8.45. The Labute approximate surface area is 104 Å². The van der Waals surface area contributed by atoms with Crippen LogP contribution in [0.15, 0.2) is 10.6 Å². The van der Waals surface area contributed by atoms with Crippen molar-refractivity contribution in [2.45, 2.75) is 65.0 Å². The van der Waals surface area contributed by atoms with Gasteiger partial charge in [-0.15, -0.1) is 0 Å². The number of hydrogen-bond donors (Lipinski definition) is 1. The summed E-state index contributed by atoms with van der Waals surface area (Å²) in [6.45, 7) is 6.38. The highest BCUT2D eigenvalue weighted by Gasteiger charge is 2.22. The Bertz CT molecular complexity index is 340. The van der Waals surface area contributed by atoms with Crippen molar-refractivity contribution < 1.29 is 4.42 Å². The van der Waals surface area contributed by atoms with Gasteiger partial charge in [-0.2, -0.15) is 0 Å². The lowest BCUT2D eigenvalue weighted by molar-refractivity contribution is 0.261. The average Bonchev–Trinajstić information content (AvgIpc) is 2.77. The smallest absolute Gasteiger partial charge is 0.211 e. The first-order valence-corrected chi connectivity index (χ1v) is 6.87. The Kier molecular flexibility index (Phi) is 4.21. The van der Waals surface area contributed by atoms with E-state index in [1.54, 1.807) is 6.20 Å². The topological polar surface area (TPSA) is 38.1 Å². The van der Waals surface area contributed by atoms with E-state index < -0.39 is 0 Å². The zero-order valence-corrected chi connectivity index (χ0v) is 11.2. The average molecular weight is 236 g/mol. The molecule has 1 aromatic rings. The molecule has 1 aromatic heterocycles. The van der Waals surface area contributed by atoms with E-state index in [2.05, 4.69) is 24.1 Å². The number of hydrogen-bond acceptors (Lipinski definition) is 3. The molecule has 0 amide bonds. The second-order valence-electron chi connectivity index (χ2n) is 5.32. The van der Waals surface area contributed by atoms with Crippen LogP contribution in [0.25, 0.3) is 0 Å². The van der Waals surface area contributed by atoms with Crippen molar-refractivity contribution in [3.63, 3.8) is 0 Å². The molecular formula is C14H24N2O. The molecule has 1 saturated carbocycles. The highest BCUT2D eigenvalue weighted by Crippen LogP contribution is 2.27. The molecule has 3 heteroatoms. The van der Waals surface area contributed by atoms with E-state index in [0.717, 1.165) is 17.6 Å². The van der Waals surface area contributed by atoms with Crippen LogP contribution in [0.3, 0.4) is 0 Å². The van der Waals surface area contributed by atoms with Crippen LogP contribution in [0.4, 0.5) is 0 Å². The van der Waals surface area contributed by atoms with Crippen molar-refractivity contribution in [3.05, 3.63) is 17.8 Å². The van der Waals surface area contributed by atoms with Gasteiger partial charge in [0, 0.05) is 6.04 Å². The van der Waals surface area contributed by atoms with E-state index in [4.69, 9.17) is 4.42 Å². The predicted molar refractivity (Wildman–Crippen MR) is 68.8 cm³/mol. The maximum absolute atomic E-state index is 5.56. The molecule has 1 aliphatic carbocycles. The van der Waals surface area contributed by atoms with Crippen LogP contribution >= 0.6 is 0 Å². The number of nitrogens with zero attached hydrogens (tertiary/aromatic N) is 1. The largest absolute Gasteiger partial charge is 0.444 e. The molecule has 1 heterocycles. The molecule has 1 N–H and O–H groups in total. The molecule has 17 heavy (non-hydrogen) atoms. The zero-order chi connectivity index (χ0) is 12.3. The van der Waals surface area contributed by atoms with Crippen LogP contribution in [0.2, 0.25) is 0 Å². The summed E-state index contributed by atoms with van der Waals surface area (Å²) >= 11 is 0. The molecular weight excluding hydrogens is 212 g/mol. The lowest BCUT2D eigenvalue weighted by Crippen LogP contribution is -2.35. The molecule has 3 nitrogen and oxygen atoms in total. The fourth-order valence-electron chi connectivity index (χ4n) is 2.73. The molecule has 0 radical (unpaired) electrons. The van der Waals surface area contributed by atoms with Gasteiger partial charge in [0.05, 0.1) is 12.2 Å². The third-order valence-corrected chi connectivity index (χ3v) is 3.92. The summed E-state index contributed by atoms with van der Waals surface area (Å²) in [4.78, 5) is 4.28. The van der Waals surface area contributed by atoms with Crippen LogP contribution in [0, 0.1) is 12.8 Å². The van der Waals surface area contributed by atoms with E-state index in [1.165, 1.54) is 32.1 Å². The van der Waals surface area contributed by atoms with Crippen molar-refractivity contribution >= 4 is 0 Å². The predicted octanol–water partition coefficient (Wildman–Crippen LogP) is 3.60. The maximum atomic E-state index is 5.56. The Morgan fingerprint density at radius 1 is 1.41 bits per heavy atom. The van der Waals surface area contributed by atoms with E-state index >= 15 is 0 Å². The summed E-state index contributed by atoms with van der Waals surface area (Å²) in [7, 11) is 0. The molecule has 1 aliphatic rings. The summed E-state index contributed by atoms with van der Waals surface area (Å²) in [5, 5.41) is 3.64. The van der Waals surface area contributed by atoms with Crippen molar-refractivity contribution in [1.29, 1.82) is 0 Å². The molecule has 96 valence electrons. The number of nitrogens with one attached hydrogen (secondary N) is 1. The van der Waals surface area contributed by atoms with Gasteiger partial charge < -0.3 is 9.73 Å². The monoisotopic (exact) mass is 236 g/mol. The van der Waals surface area contributed by atoms with Gasteiger partial charge in [0.1, 0.15) is 5.76 Å². The number of aryl methyl sites for hydroxylation is 1. The number of aromatic nitrogens is 1. The quantitative estimate of drug-likeness (QED) is 0.868. The summed E-state index contributed by atoms with van der Waals surface area (Å²) in [5.74, 6) is 2.66. The standard InChI is InChI=1S/C14H24N2O/c1-4-12-5-7-13(8-6-12)16-11(3)14-15-9-10(2)17-14/h9,11-13,16H,4-8H2,1-3H3. The number of rotatable bonds is 4. The lowest BCUT2D eigenvalue weighted by Gasteiger charge is -2.30. The Balaban J connectivity index is 1.81. The maximum Gasteiger partial charge on any atom is 0.211 e. The minimum absolute atomic E-state index is 0.229. The van der Waals surface area contributed by atoms with Gasteiger partial charge in [-0.25, -0.2) is 4.98 Å². The van der Waals surface area contributed by atoms with Crippen LogP contribution in [0.5, 0.6) is 0 Å². The lowest BCUT2D eigenvalue weighted by atomic mass is 9.84. The number of oxazole rings is 1. The Hall–Kier alpha value is -0.830. The highest BCUT2D eigenvalue weighted by atomic mass is 16.4. The van der Waals surface area contributed by atoms with Crippen molar-refractivity contribution in [2.75, 3.05) is 0 Å². The SMILES string of the molecule is CCC1CCC(NC(C)c2ncc(C)o2)CC1. The van der Waals surface area contributed by atoms with E-state index in [1.807, 2.05) is 6.92 Å². The first-order chi connectivity index (χ1) is 8.19. The van der Waals surface area contributed by atoms with Gasteiger partial charge in [0.25, 0.3) is 0 Å². The van der Waals surface area contributed by atoms with Gasteiger partial charge >= 0.3 is 0 Å². The first-order valence-electron chi connectivity index (χ1n) is 6.87. The molecule has 0 aromatic carbocycles. The molecule has 1 fully saturated rings. The van der Waals surface area contributed by atoms with Crippen molar-refractivity contribution in [3.8, 4) is 0 Å². The van der Waals surface area contributed by atoms with Crippen molar-refractivity contribution in [1.82, 2.24) is 10.3 Å². The van der Waals surface area contributed by atoms with Gasteiger partial charge in [0.15, 0.2) is 0 Å². The summed E-state index contributed by atoms with van der Waals surface area (Å²) < 4.78 is 5.56. The van der Waals surface area contributed by atoms with E-state index in [0.29, 0.717) is 6.04 Å². The summed E-state index contributed by atoms with van der Waals surface area (Å²) in [6, 6.07) is 0.867. The van der Waals surface area contributed by atoms with Gasteiger partial charge in [0.2, 0.25) is 5.89 Å². The molecule has 0 bridgehead atoms. The molecule has 1 atom stereocenters.